The Hall–Kier alpha value is -4.18. The molecule has 2 atom stereocenters. The molecule has 1 aliphatic rings. The number of nitrogens with zero attached hydrogens (tertiary/aromatic N) is 2. The van der Waals surface area contributed by atoms with E-state index in [2.05, 4.69) is 11.8 Å². The van der Waals surface area contributed by atoms with Gasteiger partial charge in [0.2, 0.25) is 6.04 Å². The zero-order valence-electron chi connectivity index (χ0n) is 18.2. The smallest absolute Gasteiger partial charge is 0.331 e. The van der Waals surface area contributed by atoms with Crippen LogP contribution in [0, 0.1) is 22.0 Å². The Kier molecular flexibility index (Phi) is 8.14. The van der Waals surface area contributed by atoms with Crippen molar-refractivity contribution in [2.24, 2.45) is 0 Å². The van der Waals surface area contributed by atoms with Crippen LogP contribution in [-0.4, -0.2) is 28.9 Å². The van der Waals surface area contributed by atoms with Gasteiger partial charge in [-0.05, 0) is 55.0 Å². The molecule has 1 amide bonds. The van der Waals surface area contributed by atoms with Crippen LogP contribution in [-0.2, 0) is 14.3 Å². The molecular formula is C26H24N2O5. The summed E-state index contributed by atoms with van der Waals surface area (Å²) >= 11 is 0. The summed E-state index contributed by atoms with van der Waals surface area (Å²) < 4.78 is 5.23. The van der Waals surface area contributed by atoms with E-state index in [1.54, 1.807) is 6.92 Å². The second-order valence-corrected chi connectivity index (χ2v) is 7.49. The molecule has 1 unspecified atom stereocenters. The first kappa shape index (κ1) is 23.5. The van der Waals surface area contributed by atoms with Crippen molar-refractivity contribution in [2.75, 3.05) is 4.90 Å². The van der Waals surface area contributed by atoms with E-state index in [9.17, 15) is 19.7 Å². The summed E-state index contributed by atoms with van der Waals surface area (Å²) in [5.41, 5.74) is 2.07. The third-order valence-electron chi connectivity index (χ3n) is 5.02. The number of ether oxygens (including phenoxy) is 1. The summed E-state index contributed by atoms with van der Waals surface area (Å²) in [4.78, 5) is 37.1. The molecule has 1 aliphatic carbocycles. The Morgan fingerprint density at radius 3 is 2.30 bits per heavy atom. The number of amides is 1. The minimum atomic E-state index is -0.814. The topological polar surface area (TPSA) is 89.8 Å². The molecule has 0 N–H and O–H groups in total. The first-order chi connectivity index (χ1) is 15.9. The third-order valence-corrected chi connectivity index (χ3v) is 5.02. The lowest BCUT2D eigenvalue weighted by atomic mass is 9.95. The lowest BCUT2D eigenvalue weighted by molar-refractivity contribution is -0.523. The number of hydrogen-bond donors (Lipinski definition) is 0. The number of anilines is 2. The third kappa shape index (κ3) is 6.91. The van der Waals surface area contributed by atoms with E-state index in [-0.39, 0.29) is 11.3 Å². The maximum absolute atomic E-state index is 12.9. The molecule has 0 spiro atoms. The van der Waals surface area contributed by atoms with Crippen molar-refractivity contribution in [3.8, 4) is 11.8 Å². The minimum Gasteiger partial charge on any atom is -0.446 e. The van der Waals surface area contributed by atoms with Crippen LogP contribution in [0.1, 0.15) is 26.2 Å². The molecule has 3 rings (SSSR count). The van der Waals surface area contributed by atoms with E-state index in [0.717, 1.165) is 5.57 Å². The van der Waals surface area contributed by atoms with Gasteiger partial charge in [0, 0.05) is 35.2 Å². The van der Waals surface area contributed by atoms with Crippen LogP contribution in [0.2, 0.25) is 0 Å². The van der Waals surface area contributed by atoms with Crippen molar-refractivity contribution in [2.45, 2.75) is 38.3 Å². The molecule has 7 heteroatoms. The number of rotatable bonds is 6. The van der Waals surface area contributed by atoms with Crippen molar-refractivity contribution in [1.29, 1.82) is 0 Å². The molecule has 33 heavy (non-hydrogen) atoms. The Labute approximate surface area is 192 Å². The van der Waals surface area contributed by atoms with Crippen molar-refractivity contribution in [3.63, 3.8) is 0 Å². The molecule has 0 fully saturated rings. The number of hydrogen-bond acceptors (Lipinski definition) is 5. The SMILES string of the molecule is C[C@H](C#CC(=O)N(c1ccccc1)c1ccccc1)OC(=O)C=CC1=CCCC([N+](=O)[O-])C1. The van der Waals surface area contributed by atoms with Crippen LogP contribution in [0.4, 0.5) is 11.4 Å². The van der Waals surface area contributed by atoms with Gasteiger partial charge in [-0.25, -0.2) is 4.79 Å². The Balaban J connectivity index is 1.63. The molecule has 7 nitrogen and oxygen atoms in total. The van der Waals surface area contributed by atoms with E-state index >= 15 is 0 Å². The molecule has 2 aromatic carbocycles. The monoisotopic (exact) mass is 444 g/mol. The van der Waals surface area contributed by atoms with Crippen LogP contribution in [0.25, 0.3) is 0 Å². The van der Waals surface area contributed by atoms with Gasteiger partial charge in [-0.15, -0.1) is 0 Å². The van der Waals surface area contributed by atoms with E-state index < -0.39 is 24.0 Å². The zero-order valence-corrected chi connectivity index (χ0v) is 18.2. The highest BCUT2D eigenvalue weighted by molar-refractivity contribution is 6.10. The summed E-state index contributed by atoms with van der Waals surface area (Å²) in [5, 5.41) is 11.0. The van der Waals surface area contributed by atoms with Gasteiger partial charge in [0.05, 0.1) is 0 Å². The fourth-order valence-corrected chi connectivity index (χ4v) is 3.41. The Bertz CT molecular complexity index is 1070. The molecule has 168 valence electrons. The van der Waals surface area contributed by atoms with Gasteiger partial charge in [0.15, 0.2) is 6.10 Å². The largest absolute Gasteiger partial charge is 0.446 e. The predicted octanol–water partition coefficient (Wildman–Crippen LogP) is 4.60. The average Bonchev–Trinajstić information content (AvgIpc) is 2.83. The van der Waals surface area contributed by atoms with E-state index in [1.165, 1.54) is 17.1 Å². The fraction of sp³-hybridized carbons (Fsp3) is 0.231. The highest BCUT2D eigenvalue weighted by Crippen LogP contribution is 2.25. The van der Waals surface area contributed by atoms with Gasteiger partial charge in [-0.2, -0.15) is 0 Å². The summed E-state index contributed by atoms with van der Waals surface area (Å²) in [5.74, 6) is 4.15. The minimum absolute atomic E-state index is 0.287. The molecule has 0 aromatic heterocycles. The van der Waals surface area contributed by atoms with Gasteiger partial charge in [0.1, 0.15) is 0 Å². The van der Waals surface area contributed by atoms with E-state index in [1.807, 2.05) is 66.7 Å². The van der Waals surface area contributed by atoms with Crippen molar-refractivity contribution < 1.29 is 19.2 Å². The van der Waals surface area contributed by atoms with Crippen molar-refractivity contribution in [3.05, 3.63) is 94.6 Å². The highest BCUT2D eigenvalue weighted by Gasteiger charge is 2.23. The second-order valence-electron chi connectivity index (χ2n) is 7.49. The molecule has 2 aromatic rings. The van der Waals surface area contributed by atoms with Crippen LogP contribution in [0.15, 0.2) is 84.5 Å². The average molecular weight is 444 g/mol. The molecule has 0 saturated heterocycles. The maximum Gasteiger partial charge on any atom is 0.331 e. The molecule has 0 heterocycles. The summed E-state index contributed by atoms with van der Waals surface area (Å²) in [6.07, 6.45) is 5.22. The van der Waals surface area contributed by atoms with Gasteiger partial charge in [0.25, 0.3) is 0 Å². The molecule has 0 aliphatic heterocycles. The number of carbonyl (C=O) groups excluding carboxylic acids is 2. The number of benzene rings is 2. The zero-order chi connectivity index (χ0) is 23.6. The quantitative estimate of drug-likeness (QED) is 0.214. The number of para-hydroxylation sites is 2. The normalized spacial score (nSPS) is 16.2. The van der Waals surface area contributed by atoms with Crippen molar-refractivity contribution >= 4 is 23.3 Å². The van der Waals surface area contributed by atoms with E-state index in [0.29, 0.717) is 24.2 Å². The summed E-state index contributed by atoms with van der Waals surface area (Å²) in [6.45, 7) is 1.57. The van der Waals surface area contributed by atoms with E-state index in [4.69, 9.17) is 4.74 Å². The van der Waals surface area contributed by atoms with Gasteiger partial charge >= 0.3 is 11.9 Å². The molecular weight excluding hydrogens is 420 g/mol. The lowest BCUT2D eigenvalue weighted by Gasteiger charge is -2.20. The Morgan fingerprint density at radius 1 is 1.12 bits per heavy atom. The van der Waals surface area contributed by atoms with Crippen LogP contribution < -0.4 is 4.90 Å². The first-order valence-electron chi connectivity index (χ1n) is 10.6. The molecule has 0 bridgehead atoms. The van der Waals surface area contributed by atoms with Crippen LogP contribution in [0.5, 0.6) is 0 Å². The lowest BCUT2D eigenvalue weighted by Crippen LogP contribution is -2.24. The van der Waals surface area contributed by atoms with Gasteiger partial charge < -0.3 is 4.74 Å². The molecule has 0 saturated carbocycles. The van der Waals surface area contributed by atoms with Crippen LogP contribution >= 0.6 is 0 Å². The summed E-state index contributed by atoms with van der Waals surface area (Å²) in [6, 6.07) is 17.7. The van der Waals surface area contributed by atoms with Crippen molar-refractivity contribution in [1.82, 2.24) is 0 Å². The standard InChI is InChI=1S/C26H24N2O5/c1-20(33-26(30)18-16-21-9-8-14-24(19-21)28(31)32)15-17-25(29)27(22-10-4-2-5-11-22)23-12-6-3-7-13-23/h2-7,9-13,16,18,20,24H,8,14,19H2,1H3/t20-,24?/m1/s1. The Morgan fingerprint density at radius 2 is 1.73 bits per heavy atom. The number of carbonyl (C=O) groups is 2. The highest BCUT2D eigenvalue weighted by atomic mass is 16.6. The molecule has 0 radical (unpaired) electrons. The fourth-order valence-electron chi connectivity index (χ4n) is 3.41. The van der Waals surface area contributed by atoms with Gasteiger partial charge in [-0.1, -0.05) is 48.6 Å². The summed E-state index contributed by atoms with van der Waals surface area (Å²) in [7, 11) is 0. The first-order valence-corrected chi connectivity index (χ1v) is 10.6. The van der Waals surface area contributed by atoms with Crippen LogP contribution in [0.3, 0.4) is 0 Å². The second kappa shape index (κ2) is 11.4. The number of allylic oxidation sites excluding steroid dienone is 2. The maximum atomic E-state index is 12.9. The predicted molar refractivity (Wildman–Crippen MR) is 125 cm³/mol. The number of esters is 1. The van der Waals surface area contributed by atoms with Gasteiger partial charge in [-0.3, -0.25) is 19.8 Å². The number of nitro groups is 1.